The van der Waals surface area contributed by atoms with Crippen LogP contribution in [0.15, 0.2) is 54.6 Å². The average molecular weight is 353 g/mol. The van der Waals surface area contributed by atoms with Crippen LogP contribution in [0.1, 0.15) is 30.4 Å². The van der Waals surface area contributed by atoms with Gasteiger partial charge < -0.3 is 14.6 Å². The fraction of sp³-hybridized carbons (Fsp3) is 0.455. The van der Waals surface area contributed by atoms with Crippen LogP contribution in [0.2, 0.25) is 0 Å². The van der Waals surface area contributed by atoms with Gasteiger partial charge in [-0.2, -0.15) is 0 Å². The monoisotopic (exact) mass is 353 g/mol. The van der Waals surface area contributed by atoms with Crippen LogP contribution in [0.4, 0.5) is 0 Å². The van der Waals surface area contributed by atoms with Gasteiger partial charge in [-0.15, -0.1) is 0 Å². The van der Waals surface area contributed by atoms with Gasteiger partial charge in [-0.1, -0.05) is 48.5 Å². The van der Waals surface area contributed by atoms with Gasteiger partial charge >= 0.3 is 0 Å². The van der Waals surface area contributed by atoms with Gasteiger partial charge in [-0.3, -0.25) is 4.90 Å². The first-order valence-corrected chi connectivity index (χ1v) is 9.55. The lowest BCUT2D eigenvalue weighted by molar-refractivity contribution is 0.0450. The molecular weight excluding hydrogens is 326 g/mol. The van der Waals surface area contributed by atoms with Crippen LogP contribution in [-0.2, 0) is 16.9 Å². The van der Waals surface area contributed by atoms with E-state index in [1.807, 2.05) is 48.5 Å². The zero-order valence-corrected chi connectivity index (χ0v) is 15.1. The van der Waals surface area contributed by atoms with Crippen LogP contribution in [0.25, 0.3) is 0 Å². The topological polar surface area (TPSA) is 41.9 Å². The molecular formula is C22H27NO3. The van der Waals surface area contributed by atoms with Gasteiger partial charge in [-0.05, 0) is 30.9 Å². The summed E-state index contributed by atoms with van der Waals surface area (Å²) >= 11 is 0. The first-order chi connectivity index (χ1) is 12.7. The summed E-state index contributed by atoms with van der Waals surface area (Å²) in [5, 5.41) is 11.0. The van der Waals surface area contributed by atoms with E-state index in [9.17, 15) is 5.11 Å². The summed E-state index contributed by atoms with van der Waals surface area (Å²) in [5.74, 6) is 0.929. The van der Waals surface area contributed by atoms with Gasteiger partial charge in [0.1, 0.15) is 18.0 Å². The SMILES string of the molecule is O[C@]1(c2ccccc2)CCN(Cc2ccccc2OC[C@@H]2CCCO2)C1. The predicted molar refractivity (Wildman–Crippen MR) is 101 cm³/mol. The number of hydrogen-bond donors (Lipinski definition) is 1. The molecule has 138 valence electrons. The van der Waals surface area contributed by atoms with E-state index in [-0.39, 0.29) is 6.10 Å². The average Bonchev–Trinajstić information content (AvgIpc) is 3.32. The van der Waals surface area contributed by atoms with Crippen LogP contribution >= 0.6 is 0 Å². The van der Waals surface area contributed by atoms with Crippen molar-refractivity contribution in [3.8, 4) is 5.75 Å². The Kier molecular flexibility index (Phi) is 5.25. The third-order valence-electron chi connectivity index (χ3n) is 5.45. The third-order valence-corrected chi connectivity index (χ3v) is 5.45. The minimum Gasteiger partial charge on any atom is -0.491 e. The molecule has 2 aliphatic rings. The van der Waals surface area contributed by atoms with Gasteiger partial charge in [0.05, 0.1) is 6.10 Å². The van der Waals surface area contributed by atoms with Crippen molar-refractivity contribution in [1.29, 1.82) is 0 Å². The van der Waals surface area contributed by atoms with Gasteiger partial charge in [0.2, 0.25) is 0 Å². The normalized spacial score (nSPS) is 26.3. The number of para-hydroxylation sites is 1. The number of ether oxygens (including phenoxy) is 2. The molecule has 2 aromatic carbocycles. The number of β-amino-alcohol motifs (C(OH)–C–C–N with tert-alkyl or cyclic N) is 1. The maximum absolute atomic E-state index is 11.0. The molecule has 0 radical (unpaired) electrons. The quantitative estimate of drug-likeness (QED) is 0.865. The molecule has 0 amide bonds. The van der Waals surface area contributed by atoms with Crippen LogP contribution in [0, 0.1) is 0 Å². The molecule has 0 unspecified atom stereocenters. The van der Waals surface area contributed by atoms with E-state index in [1.54, 1.807) is 0 Å². The Morgan fingerprint density at radius 2 is 1.92 bits per heavy atom. The summed E-state index contributed by atoms with van der Waals surface area (Å²) in [6.45, 7) is 3.78. The second-order valence-corrected chi connectivity index (χ2v) is 7.41. The van der Waals surface area contributed by atoms with Crippen molar-refractivity contribution in [3.63, 3.8) is 0 Å². The highest BCUT2D eigenvalue weighted by molar-refractivity contribution is 5.33. The highest BCUT2D eigenvalue weighted by atomic mass is 16.5. The Labute approximate surface area is 155 Å². The Morgan fingerprint density at radius 3 is 2.73 bits per heavy atom. The van der Waals surface area contributed by atoms with Gasteiger partial charge in [-0.25, -0.2) is 0 Å². The van der Waals surface area contributed by atoms with Gasteiger partial charge in [0, 0.05) is 31.8 Å². The fourth-order valence-corrected chi connectivity index (χ4v) is 3.96. The number of aliphatic hydroxyl groups is 1. The van der Waals surface area contributed by atoms with E-state index >= 15 is 0 Å². The molecule has 2 aliphatic heterocycles. The Bertz CT molecular complexity index is 714. The number of likely N-dealkylation sites (tertiary alicyclic amines) is 1. The molecule has 2 saturated heterocycles. The zero-order chi connectivity index (χ0) is 17.8. The molecule has 0 spiro atoms. The molecule has 0 saturated carbocycles. The molecule has 0 bridgehead atoms. The van der Waals surface area contributed by atoms with Crippen molar-refractivity contribution in [2.75, 3.05) is 26.3 Å². The third kappa shape index (κ3) is 3.93. The highest BCUT2D eigenvalue weighted by Crippen LogP contribution is 2.33. The molecule has 4 nitrogen and oxygen atoms in total. The molecule has 0 aromatic heterocycles. The van der Waals surface area contributed by atoms with Crippen molar-refractivity contribution in [2.24, 2.45) is 0 Å². The molecule has 4 heteroatoms. The number of hydrogen-bond acceptors (Lipinski definition) is 4. The van der Waals surface area contributed by atoms with Crippen molar-refractivity contribution in [3.05, 3.63) is 65.7 Å². The van der Waals surface area contributed by atoms with Crippen molar-refractivity contribution in [1.82, 2.24) is 4.90 Å². The van der Waals surface area contributed by atoms with Gasteiger partial charge in [0.25, 0.3) is 0 Å². The standard InChI is InChI=1S/C22H27NO3/c24-22(19-8-2-1-3-9-19)12-13-23(17-22)15-18-7-4-5-11-21(18)26-16-20-10-6-14-25-20/h1-5,7-9,11,20,24H,6,10,12-17H2/t20-,22+/m0/s1. The van der Waals surface area contributed by atoms with Crippen molar-refractivity contribution >= 4 is 0 Å². The maximum Gasteiger partial charge on any atom is 0.123 e. The minimum atomic E-state index is -0.755. The largest absolute Gasteiger partial charge is 0.491 e. The number of rotatable bonds is 6. The summed E-state index contributed by atoms with van der Waals surface area (Å²) in [6.07, 6.45) is 3.19. The van der Waals surface area contributed by atoms with Gasteiger partial charge in [0.15, 0.2) is 0 Å². The number of nitrogens with zero attached hydrogens (tertiary/aromatic N) is 1. The van der Waals surface area contributed by atoms with E-state index in [0.29, 0.717) is 13.2 Å². The van der Waals surface area contributed by atoms with Crippen LogP contribution < -0.4 is 4.74 Å². The van der Waals surface area contributed by atoms with Crippen molar-refractivity contribution < 1.29 is 14.6 Å². The lowest BCUT2D eigenvalue weighted by Gasteiger charge is -2.24. The van der Waals surface area contributed by atoms with Crippen molar-refractivity contribution in [2.45, 2.75) is 37.5 Å². The molecule has 2 heterocycles. The molecule has 26 heavy (non-hydrogen) atoms. The summed E-state index contributed by atoms with van der Waals surface area (Å²) in [4.78, 5) is 2.31. The molecule has 0 aliphatic carbocycles. The van der Waals surface area contributed by atoms with Crippen LogP contribution in [0.5, 0.6) is 5.75 Å². The lowest BCUT2D eigenvalue weighted by Crippen LogP contribution is -2.30. The van der Waals surface area contributed by atoms with Crippen LogP contribution in [0.3, 0.4) is 0 Å². The van der Waals surface area contributed by atoms with E-state index in [2.05, 4.69) is 11.0 Å². The first-order valence-electron chi connectivity index (χ1n) is 9.55. The maximum atomic E-state index is 11.0. The van der Waals surface area contributed by atoms with E-state index in [4.69, 9.17) is 9.47 Å². The second kappa shape index (κ2) is 7.78. The molecule has 4 rings (SSSR count). The summed E-state index contributed by atoms with van der Waals surface area (Å²) in [5.41, 5.74) is 1.42. The zero-order valence-electron chi connectivity index (χ0n) is 15.1. The summed E-state index contributed by atoms with van der Waals surface area (Å²) in [7, 11) is 0. The minimum absolute atomic E-state index is 0.220. The molecule has 1 N–H and O–H groups in total. The summed E-state index contributed by atoms with van der Waals surface area (Å²) < 4.78 is 11.7. The number of benzene rings is 2. The second-order valence-electron chi connectivity index (χ2n) is 7.41. The first kappa shape index (κ1) is 17.5. The Balaban J connectivity index is 1.40. The smallest absolute Gasteiger partial charge is 0.123 e. The Hall–Kier alpha value is -1.88. The fourth-order valence-electron chi connectivity index (χ4n) is 3.96. The molecule has 2 fully saturated rings. The molecule has 2 atom stereocenters. The van der Waals surface area contributed by atoms with E-state index in [0.717, 1.165) is 50.3 Å². The highest BCUT2D eigenvalue weighted by Gasteiger charge is 2.37. The van der Waals surface area contributed by atoms with E-state index < -0.39 is 5.60 Å². The molecule has 2 aromatic rings. The Morgan fingerprint density at radius 1 is 1.12 bits per heavy atom. The van der Waals surface area contributed by atoms with E-state index in [1.165, 1.54) is 5.56 Å². The predicted octanol–water partition coefficient (Wildman–Crippen LogP) is 3.34. The summed E-state index contributed by atoms with van der Waals surface area (Å²) in [6, 6.07) is 18.2. The lowest BCUT2D eigenvalue weighted by atomic mass is 9.93. The van der Waals surface area contributed by atoms with Crippen LogP contribution in [-0.4, -0.2) is 42.4 Å².